The zero-order valence-electron chi connectivity index (χ0n) is 13.4. The van der Waals surface area contributed by atoms with E-state index in [1.54, 1.807) is 0 Å². The fourth-order valence-electron chi connectivity index (χ4n) is 3.10. The Labute approximate surface area is 132 Å². The van der Waals surface area contributed by atoms with Gasteiger partial charge >= 0.3 is 0 Å². The molecule has 1 aliphatic rings. The van der Waals surface area contributed by atoms with E-state index in [-0.39, 0.29) is 0 Å². The van der Waals surface area contributed by atoms with Crippen LogP contribution in [-0.4, -0.2) is 35.5 Å². The number of aromatic nitrogens is 2. The Kier molecular flexibility index (Phi) is 4.68. The van der Waals surface area contributed by atoms with Gasteiger partial charge in [0, 0.05) is 33.0 Å². The number of nitrogens with zero attached hydrogens (tertiary/aromatic N) is 4. The molecule has 1 fully saturated rings. The van der Waals surface area contributed by atoms with Crippen molar-refractivity contribution in [2.75, 3.05) is 25.5 Å². The minimum absolute atomic E-state index is 0.434. The Bertz CT molecular complexity index is 580. The summed E-state index contributed by atoms with van der Waals surface area (Å²) < 4.78 is 0. The molecule has 0 aromatic carbocycles. The number of piperidine rings is 1. The van der Waals surface area contributed by atoms with Crippen molar-refractivity contribution < 1.29 is 0 Å². The van der Waals surface area contributed by atoms with Gasteiger partial charge in [-0.1, -0.05) is 18.6 Å². The number of hydrogen-bond acceptors (Lipinski definition) is 4. The molecule has 0 unspecified atom stereocenters. The molecule has 0 aliphatic carbocycles. The second kappa shape index (κ2) is 6.88. The Morgan fingerprint density at radius 2 is 2.05 bits per heavy atom. The van der Waals surface area contributed by atoms with E-state index in [9.17, 15) is 0 Å². The quantitative estimate of drug-likeness (QED) is 0.867. The summed E-state index contributed by atoms with van der Waals surface area (Å²) in [5.41, 5.74) is 2.47. The largest absolute Gasteiger partial charge is 0.363 e. The lowest BCUT2D eigenvalue weighted by molar-refractivity contribution is 0.137. The van der Waals surface area contributed by atoms with E-state index in [1.165, 1.54) is 30.5 Å². The van der Waals surface area contributed by atoms with Gasteiger partial charge in [-0.25, -0.2) is 4.98 Å². The van der Waals surface area contributed by atoms with Crippen molar-refractivity contribution in [1.82, 2.24) is 14.9 Å². The maximum absolute atomic E-state index is 4.57. The zero-order valence-corrected chi connectivity index (χ0v) is 13.4. The van der Waals surface area contributed by atoms with E-state index in [4.69, 9.17) is 0 Å². The van der Waals surface area contributed by atoms with E-state index in [0.717, 1.165) is 18.9 Å². The molecule has 22 heavy (non-hydrogen) atoms. The Balaban J connectivity index is 1.74. The molecule has 1 atom stereocenters. The average molecular weight is 296 g/mol. The molecule has 0 saturated carbocycles. The van der Waals surface area contributed by atoms with Crippen molar-refractivity contribution in [3.8, 4) is 0 Å². The van der Waals surface area contributed by atoms with E-state index >= 15 is 0 Å². The maximum atomic E-state index is 4.57. The highest BCUT2D eigenvalue weighted by molar-refractivity contribution is 5.37. The molecule has 116 valence electrons. The molecular formula is C18H24N4. The van der Waals surface area contributed by atoms with Crippen LogP contribution in [0, 0.1) is 0 Å². The van der Waals surface area contributed by atoms with Gasteiger partial charge in [-0.15, -0.1) is 0 Å². The Hall–Kier alpha value is -1.94. The predicted molar refractivity (Wildman–Crippen MR) is 89.8 cm³/mol. The average Bonchev–Trinajstić information content (AvgIpc) is 2.57. The van der Waals surface area contributed by atoms with Gasteiger partial charge in [-0.05, 0) is 43.1 Å². The van der Waals surface area contributed by atoms with Crippen LogP contribution in [0.1, 0.15) is 36.6 Å². The molecule has 0 N–H and O–H groups in total. The van der Waals surface area contributed by atoms with Gasteiger partial charge in [-0.3, -0.25) is 9.88 Å². The molecule has 4 nitrogen and oxygen atoms in total. The van der Waals surface area contributed by atoms with Crippen LogP contribution in [0.4, 0.5) is 5.82 Å². The van der Waals surface area contributed by atoms with Crippen LogP contribution < -0.4 is 4.90 Å². The fourth-order valence-corrected chi connectivity index (χ4v) is 3.10. The zero-order chi connectivity index (χ0) is 15.4. The van der Waals surface area contributed by atoms with Gasteiger partial charge in [0.2, 0.25) is 0 Å². The number of likely N-dealkylation sites (tertiary alicyclic amines) is 1. The normalized spacial score (nSPS) is 19.1. The Morgan fingerprint density at radius 1 is 1.14 bits per heavy atom. The minimum Gasteiger partial charge on any atom is -0.363 e. The molecule has 3 rings (SSSR count). The summed E-state index contributed by atoms with van der Waals surface area (Å²) in [6, 6.07) is 10.9. The summed E-state index contributed by atoms with van der Waals surface area (Å²) in [6.07, 6.45) is 7.65. The van der Waals surface area contributed by atoms with Crippen molar-refractivity contribution in [3.63, 3.8) is 0 Å². The van der Waals surface area contributed by atoms with E-state index in [2.05, 4.69) is 39.1 Å². The first-order valence-electron chi connectivity index (χ1n) is 8.01. The third-order valence-electron chi connectivity index (χ3n) is 4.30. The maximum Gasteiger partial charge on any atom is 0.127 e. The van der Waals surface area contributed by atoms with E-state index < -0.39 is 0 Å². The van der Waals surface area contributed by atoms with Crippen LogP contribution in [0.5, 0.6) is 0 Å². The molecule has 2 aromatic rings. The van der Waals surface area contributed by atoms with E-state index in [1.807, 2.05) is 37.5 Å². The minimum atomic E-state index is 0.434. The van der Waals surface area contributed by atoms with Crippen LogP contribution >= 0.6 is 0 Å². The predicted octanol–water partition coefficient (Wildman–Crippen LogP) is 3.27. The topological polar surface area (TPSA) is 32.3 Å². The summed E-state index contributed by atoms with van der Waals surface area (Å²) in [5.74, 6) is 1.00. The Morgan fingerprint density at radius 3 is 2.73 bits per heavy atom. The van der Waals surface area contributed by atoms with Gasteiger partial charge in [0.1, 0.15) is 5.82 Å². The van der Waals surface area contributed by atoms with Crippen LogP contribution in [0.25, 0.3) is 0 Å². The number of pyridine rings is 2. The molecule has 4 heteroatoms. The lowest BCUT2D eigenvalue weighted by Gasteiger charge is -2.35. The number of anilines is 1. The molecular weight excluding hydrogens is 272 g/mol. The second-order valence-corrected chi connectivity index (χ2v) is 6.16. The summed E-state index contributed by atoms with van der Waals surface area (Å²) >= 11 is 0. The van der Waals surface area contributed by atoms with Crippen LogP contribution in [0.15, 0.2) is 42.7 Å². The molecule has 1 saturated heterocycles. The number of rotatable bonds is 4. The van der Waals surface area contributed by atoms with Crippen LogP contribution in [-0.2, 0) is 6.54 Å². The highest BCUT2D eigenvalue weighted by Crippen LogP contribution is 2.30. The molecule has 1 aliphatic heterocycles. The van der Waals surface area contributed by atoms with Crippen LogP contribution in [0.3, 0.4) is 0 Å². The standard InChI is InChI=1S/C18H24N4/c1-21(2)18-10-9-15(13-20-18)14-22-12-6-4-8-17(22)16-7-3-5-11-19-16/h3,5,7,9-11,13,17H,4,6,8,12,14H2,1-2H3/t17-/m0/s1. The lowest BCUT2D eigenvalue weighted by atomic mass is 9.98. The molecule has 3 heterocycles. The van der Waals surface area contributed by atoms with Crippen LogP contribution in [0.2, 0.25) is 0 Å². The fraction of sp³-hybridized carbons (Fsp3) is 0.444. The third-order valence-corrected chi connectivity index (χ3v) is 4.30. The SMILES string of the molecule is CN(C)c1ccc(CN2CCCC[C@H]2c2ccccn2)cn1. The first kappa shape index (κ1) is 15.0. The summed E-state index contributed by atoms with van der Waals surface area (Å²) in [4.78, 5) is 13.7. The summed E-state index contributed by atoms with van der Waals surface area (Å²) in [7, 11) is 4.04. The van der Waals surface area contributed by atoms with Crippen molar-refractivity contribution in [2.24, 2.45) is 0 Å². The molecule has 0 spiro atoms. The molecule has 2 aromatic heterocycles. The van der Waals surface area contributed by atoms with Crippen molar-refractivity contribution in [2.45, 2.75) is 31.8 Å². The van der Waals surface area contributed by atoms with Crippen molar-refractivity contribution in [1.29, 1.82) is 0 Å². The summed E-state index contributed by atoms with van der Waals surface area (Å²) in [5, 5.41) is 0. The van der Waals surface area contributed by atoms with E-state index in [0.29, 0.717) is 6.04 Å². The summed E-state index contributed by atoms with van der Waals surface area (Å²) in [6.45, 7) is 2.08. The van der Waals surface area contributed by atoms with Gasteiger partial charge < -0.3 is 4.90 Å². The van der Waals surface area contributed by atoms with Crippen molar-refractivity contribution >= 4 is 5.82 Å². The lowest BCUT2D eigenvalue weighted by Crippen LogP contribution is -2.33. The second-order valence-electron chi connectivity index (χ2n) is 6.16. The number of hydrogen-bond donors (Lipinski definition) is 0. The smallest absolute Gasteiger partial charge is 0.127 e. The first-order chi connectivity index (χ1) is 10.7. The van der Waals surface area contributed by atoms with Gasteiger partial charge in [0.15, 0.2) is 0 Å². The monoisotopic (exact) mass is 296 g/mol. The van der Waals surface area contributed by atoms with Gasteiger partial charge in [0.05, 0.1) is 11.7 Å². The van der Waals surface area contributed by atoms with Gasteiger partial charge in [-0.2, -0.15) is 0 Å². The first-order valence-corrected chi connectivity index (χ1v) is 8.01. The highest BCUT2D eigenvalue weighted by atomic mass is 15.2. The van der Waals surface area contributed by atoms with Gasteiger partial charge in [0.25, 0.3) is 0 Å². The molecule has 0 amide bonds. The third kappa shape index (κ3) is 3.45. The molecule has 0 bridgehead atoms. The van der Waals surface area contributed by atoms with Crippen molar-refractivity contribution in [3.05, 3.63) is 54.0 Å². The molecule has 0 radical (unpaired) electrons. The highest BCUT2D eigenvalue weighted by Gasteiger charge is 2.24.